The van der Waals surface area contributed by atoms with E-state index in [1.165, 1.54) is 7.05 Å². The zero-order valence-corrected chi connectivity index (χ0v) is 9.75. The number of aryl methyl sites for hydroxylation is 1. The van der Waals surface area contributed by atoms with Gasteiger partial charge in [0.25, 0.3) is 0 Å². The molecule has 1 aromatic rings. The Bertz CT molecular complexity index is 522. The van der Waals surface area contributed by atoms with Crippen LogP contribution in [-0.4, -0.2) is 26.5 Å². The van der Waals surface area contributed by atoms with E-state index in [9.17, 15) is 13.2 Å². The molecule has 1 unspecified atom stereocenters. The van der Waals surface area contributed by atoms with Gasteiger partial charge in [-0.2, -0.15) is 0 Å². The molecule has 16 heavy (non-hydrogen) atoms. The lowest BCUT2D eigenvalue weighted by Crippen LogP contribution is -2.40. The van der Waals surface area contributed by atoms with Crippen molar-refractivity contribution >= 4 is 15.8 Å². The molecule has 0 fully saturated rings. The molecule has 1 aliphatic carbocycles. The number of hydrogen-bond donors (Lipinski definition) is 1. The van der Waals surface area contributed by atoms with Crippen molar-refractivity contribution in [2.75, 3.05) is 7.05 Å². The second kappa shape index (κ2) is 3.99. The fraction of sp³-hybridized carbons (Fsp3) is 0.364. The number of sulfonamides is 1. The quantitative estimate of drug-likeness (QED) is 0.827. The first-order chi connectivity index (χ1) is 7.56. The van der Waals surface area contributed by atoms with Gasteiger partial charge in [-0.05, 0) is 25.5 Å². The monoisotopic (exact) mass is 239 g/mol. The summed E-state index contributed by atoms with van der Waals surface area (Å²) in [6.07, 6.45) is 0.993. The number of benzene rings is 1. The Kier molecular flexibility index (Phi) is 2.82. The summed E-state index contributed by atoms with van der Waals surface area (Å²) in [7, 11) is -2.18. The first-order valence-electron chi connectivity index (χ1n) is 5.11. The molecule has 0 spiro atoms. The Morgan fingerprint density at radius 3 is 2.69 bits per heavy atom. The summed E-state index contributed by atoms with van der Waals surface area (Å²) in [5.41, 5.74) is 1.48. The third-order valence-electron chi connectivity index (χ3n) is 2.91. The van der Waals surface area contributed by atoms with Gasteiger partial charge in [0.05, 0.1) is 0 Å². The van der Waals surface area contributed by atoms with E-state index in [2.05, 4.69) is 4.72 Å². The molecule has 1 atom stereocenters. The van der Waals surface area contributed by atoms with Crippen LogP contribution in [0.2, 0.25) is 0 Å². The number of ketones is 1. The number of Topliss-reactive ketones (excluding diaryl/α,β-unsaturated/α-hetero) is 1. The van der Waals surface area contributed by atoms with Crippen molar-refractivity contribution < 1.29 is 13.2 Å². The maximum atomic E-state index is 12.0. The van der Waals surface area contributed by atoms with Crippen molar-refractivity contribution in [1.29, 1.82) is 0 Å². The molecule has 0 radical (unpaired) electrons. The molecule has 1 N–H and O–H groups in total. The Labute approximate surface area is 94.7 Å². The van der Waals surface area contributed by atoms with Gasteiger partial charge in [0.1, 0.15) is 5.25 Å². The maximum Gasteiger partial charge on any atom is 0.221 e. The van der Waals surface area contributed by atoms with Gasteiger partial charge in [-0.1, -0.05) is 24.3 Å². The summed E-state index contributed by atoms with van der Waals surface area (Å²) in [5, 5.41) is -0.938. The van der Waals surface area contributed by atoms with Crippen LogP contribution in [0.15, 0.2) is 24.3 Å². The van der Waals surface area contributed by atoms with Crippen LogP contribution in [0, 0.1) is 0 Å². The third kappa shape index (κ3) is 1.76. The van der Waals surface area contributed by atoms with Crippen LogP contribution in [0.4, 0.5) is 0 Å². The minimum Gasteiger partial charge on any atom is -0.293 e. The van der Waals surface area contributed by atoms with Gasteiger partial charge >= 0.3 is 0 Å². The topological polar surface area (TPSA) is 63.2 Å². The third-order valence-corrected chi connectivity index (χ3v) is 4.68. The molecule has 86 valence electrons. The van der Waals surface area contributed by atoms with E-state index in [0.29, 0.717) is 18.4 Å². The summed E-state index contributed by atoms with van der Waals surface area (Å²) in [5.74, 6) is -0.295. The van der Waals surface area contributed by atoms with E-state index in [1.807, 2.05) is 12.1 Å². The van der Waals surface area contributed by atoms with Crippen molar-refractivity contribution in [3.8, 4) is 0 Å². The molecular weight excluding hydrogens is 226 g/mol. The predicted octanol–water partition coefficient (Wildman–Crippen LogP) is 0.733. The van der Waals surface area contributed by atoms with E-state index in [4.69, 9.17) is 0 Å². The first-order valence-corrected chi connectivity index (χ1v) is 6.65. The molecule has 2 rings (SSSR count). The lowest BCUT2D eigenvalue weighted by atomic mass is 9.90. The van der Waals surface area contributed by atoms with Crippen molar-refractivity contribution in [2.45, 2.75) is 18.1 Å². The summed E-state index contributed by atoms with van der Waals surface area (Å²) >= 11 is 0. The molecule has 0 aromatic heterocycles. The summed E-state index contributed by atoms with van der Waals surface area (Å²) < 4.78 is 25.5. The summed E-state index contributed by atoms with van der Waals surface area (Å²) in [6.45, 7) is 0. The number of carbonyl (C=O) groups is 1. The average Bonchev–Trinajstić information content (AvgIpc) is 2.29. The molecular formula is C11H13NO3S. The lowest BCUT2D eigenvalue weighted by molar-refractivity contribution is 0.0976. The second-order valence-corrected chi connectivity index (χ2v) is 5.87. The minimum absolute atomic E-state index is 0.295. The van der Waals surface area contributed by atoms with Crippen molar-refractivity contribution in [3.63, 3.8) is 0 Å². The van der Waals surface area contributed by atoms with Gasteiger partial charge in [0, 0.05) is 5.56 Å². The number of fused-ring (bicyclic) bond motifs is 1. The van der Waals surface area contributed by atoms with Crippen LogP contribution in [0.1, 0.15) is 22.3 Å². The van der Waals surface area contributed by atoms with Crippen LogP contribution in [0.3, 0.4) is 0 Å². The Balaban J connectivity index is 2.43. The highest BCUT2D eigenvalue weighted by Crippen LogP contribution is 2.24. The zero-order chi connectivity index (χ0) is 11.8. The zero-order valence-electron chi connectivity index (χ0n) is 8.93. The summed E-state index contributed by atoms with van der Waals surface area (Å²) in [4.78, 5) is 12.0. The number of hydrogen-bond acceptors (Lipinski definition) is 3. The van der Waals surface area contributed by atoms with E-state index in [1.54, 1.807) is 12.1 Å². The molecule has 0 bridgehead atoms. The van der Waals surface area contributed by atoms with Crippen LogP contribution >= 0.6 is 0 Å². The fourth-order valence-electron chi connectivity index (χ4n) is 2.01. The smallest absolute Gasteiger partial charge is 0.221 e. The number of nitrogens with one attached hydrogen (secondary N) is 1. The molecule has 0 amide bonds. The average molecular weight is 239 g/mol. The number of carbonyl (C=O) groups excluding carboxylic acids is 1. The molecule has 1 aromatic carbocycles. The SMILES string of the molecule is CNS(=O)(=O)C1CCc2ccccc2C1=O. The summed E-state index contributed by atoms with van der Waals surface area (Å²) in [6, 6.07) is 7.18. The van der Waals surface area contributed by atoms with Crippen LogP contribution in [0.5, 0.6) is 0 Å². The van der Waals surface area contributed by atoms with Crippen LogP contribution in [0.25, 0.3) is 0 Å². The minimum atomic E-state index is -3.51. The van der Waals surface area contributed by atoms with Gasteiger partial charge in [-0.3, -0.25) is 4.79 Å². The van der Waals surface area contributed by atoms with Gasteiger partial charge in [-0.25, -0.2) is 13.1 Å². The van der Waals surface area contributed by atoms with Gasteiger partial charge in [0.2, 0.25) is 10.0 Å². The molecule has 4 nitrogen and oxygen atoms in total. The fourth-order valence-corrected chi connectivity index (χ4v) is 3.13. The van der Waals surface area contributed by atoms with Gasteiger partial charge in [0.15, 0.2) is 5.78 Å². The van der Waals surface area contributed by atoms with E-state index in [-0.39, 0.29) is 5.78 Å². The molecule has 0 saturated heterocycles. The van der Waals surface area contributed by atoms with Crippen molar-refractivity contribution in [1.82, 2.24) is 4.72 Å². The normalized spacial score (nSPS) is 20.6. The molecule has 1 aliphatic rings. The lowest BCUT2D eigenvalue weighted by Gasteiger charge is -2.22. The van der Waals surface area contributed by atoms with Gasteiger partial charge in [-0.15, -0.1) is 0 Å². The Morgan fingerprint density at radius 2 is 2.00 bits per heavy atom. The Morgan fingerprint density at radius 1 is 1.31 bits per heavy atom. The van der Waals surface area contributed by atoms with E-state index >= 15 is 0 Å². The van der Waals surface area contributed by atoms with Crippen LogP contribution < -0.4 is 4.72 Å². The highest BCUT2D eigenvalue weighted by Gasteiger charge is 2.35. The van der Waals surface area contributed by atoms with Gasteiger partial charge < -0.3 is 0 Å². The van der Waals surface area contributed by atoms with Crippen molar-refractivity contribution in [2.24, 2.45) is 0 Å². The highest BCUT2D eigenvalue weighted by atomic mass is 32.2. The van der Waals surface area contributed by atoms with Crippen LogP contribution in [-0.2, 0) is 16.4 Å². The first kappa shape index (κ1) is 11.3. The molecule has 0 saturated carbocycles. The van der Waals surface area contributed by atoms with Crippen molar-refractivity contribution in [3.05, 3.63) is 35.4 Å². The molecule has 5 heteroatoms. The standard InChI is InChI=1S/C11H13NO3S/c1-12-16(14,15)10-7-6-8-4-2-3-5-9(8)11(10)13/h2-5,10,12H,6-7H2,1H3. The largest absolute Gasteiger partial charge is 0.293 e. The number of rotatable bonds is 2. The maximum absolute atomic E-state index is 12.0. The van der Waals surface area contributed by atoms with E-state index in [0.717, 1.165) is 5.56 Å². The highest BCUT2D eigenvalue weighted by molar-refractivity contribution is 7.90. The predicted molar refractivity (Wildman–Crippen MR) is 60.9 cm³/mol. The molecule has 0 aliphatic heterocycles. The molecule has 0 heterocycles. The van der Waals surface area contributed by atoms with E-state index < -0.39 is 15.3 Å². The Hall–Kier alpha value is -1.20. The second-order valence-electron chi connectivity index (χ2n) is 3.80.